The van der Waals surface area contributed by atoms with Crippen LogP contribution in [0.1, 0.15) is 36.6 Å². The van der Waals surface area contributed by atoms with E-state index in [9.17, 15) is 14.4 Å². The van der Waals surface area contributed by atoms with Crippen LogP contribution >= 0.6 is 15.9 Å². The topological polar surface area (TPSA) is 125 Å². The summed E-state index contributed by atoms with van der Waals surface area (Å²) in [4.78, 5) is 38.6. The number of hydrazone groups is 1. The van der Waals surface area contributed by atoms with Gasteiger partial charge in [-0.2, -0.15) is 5.10 Å². The number of carbonyl (C=O) groups excluding carboxylic acids is 3. The van der Waals surface area contributed by atoms with Gasteiger partial charge in [-0.15, -0.1) is 0 Å². The molecule has 42 heavy (non-hydrogen) atoms. The smallest absolute Gasteiger partial charge is 0.343 e. The van der Waals surface area contributed by atoms with Gasteiger partial charge < -0.3 is 24.3 Å². The van der Waals surface area contributed by atoms with E-state index in [1.165, 1.54) is 39.7 Å². The van der Waals surface area contributed by atoms with Crippen LogP contribution in [0.4, 0.5) is 5.69 Å². The molecule has 0 heterocycles. The first kappa shape index (κ1) is 29.8. The molecule has 4 rings (SSSR count). The Morgan fingerprint density at radius 3 is 2.07 bits per heavy atom. The van der Waals surface area contributed by atoms with Gasteiger partial charge in [-0.3, -0.25) is 9.59 Å². The summed E-state index contributed by atoms with van der Waals surface area (Å²) in [6.45, 7) is 0. The minimum atomic E-state index is -0.682. The number of benzene rings is 4. The molecule has 214 valence electrons. The van der Waals surface area contributed by atoms with Crippen LogP contribution in [0, 0.1) is 0 Å². The number of anilines is 1. The van der Waals surface area contributed by atoms with Crippen molar-refractivity contribution in [2.75, 3.05) is 26.6 Å². The van der Waals surface area contributed by atoms with E-state index in [4.69, 9.17) is 18.9 Å². The van der Waals surface area contributed by atoms with Crippen molar-refractivity contribution in [2.24, 2.45) is 5.10 Å². The second-order valence-electron chi connectivity index (χ2n) is 8.55. The number of hydrogen-bond acceptors (Lipinski definition) is 8. The van der Waals surface area contributed by atoms with Crippen LogP contribution < -0.4 is 29.7 Å². The molecule has 0 radical (unpaired) electrons. The predicted octanol–water partition coefficient (Wildman–Crippen LogP) is 5.71. The molecule has 0 saturated carbocycles. The summed E-state index contributed by atoms with van der Waals surface area (Å²) in [5, 5.41) is 6.80. The molecule has 10 nitrogen and oxygen atoms in total. The van der Waals surface area contributed by atoms with E-state index in [1.54, 1.807) is 72.8 Å². The number of para-hydroxylation sites is 1. The van der Waals surface area contributed by atoms with Gasteiger partial charge in [0.1, 0.15) is 5.75 Å². The lowest BCUT2D eigenvalue weighted by atomic mass is 10.1. The van der Waals surface area contributed by atoms with Gasteiger partial charge in [0.2, 0.25) is 5.75 Å². The average molecular weight is 632 g/mol. The van der Waals surface area contributed by atoms with Crippen molar-refractivity contribution in [3.63, 3.8) is 0 Å². The highest BCUT2D eigenvalue weighted by molar-refractivity contribution is 9.10. The second-order valence-corrected chi connectivity index (χ2v) is 9.47. The SMILES string of the molecule is COc1cc(C(=O)Oc2ccc(Br)cc2/C=N\NC(=O)c2ccccc2NC(=O)c2ccccc2)cc(OC)c1OC. The fourth-order valence-electron chi connectivity index (χ4n) is 3.87. The molecule has 0 unspecified atom stereocenters. The van der Waals surface area contributed by atoms with Gasteiger partial charge in [0.15, 0.2) is 11.5 Å². The molecule has 4 aromatic rings. The van der Waals surface area contributed by atoms with Crippen LogP contribution in [0.25, 0.3) is 0 Å². The molecule has 11 heteroatoms. The van der Waals surface area contributed by atoms with E-state index in [2.05, 4.69) is 31.8 Å². The van der Waals surface area contributed by atoms with Crippen LogP contribution in [-0.4, -0.2) is 45.3 Å². The first-order valence-corrected chi connectivity index (χ1v) is 13.2. The normalized spacial score (nSPS) is 10.6. The lowest BCUT2D eigenvalue weighted by Crippen LogP contribution is -2.21. The molecule has 0 spiro atoms. The van der Waals surface area contributed by atoms with Gasteiger partial charge >= 0.3 is 5.97 Å². The third-order valence-corrected chi connectivity index (χ3v) is 6.39. The van der Waals surface area contributed by atoms with E-state index in [0.29, 0.717) is 38.5 Å². The maximum absolute atomic E-state index is 13.0. The van der Waals surface area contributed by atoms with Crippen molar-refractivity contribution in [2.45, 2.75) is 0 Å². The first-order chi connectivity index (χ1) is 20.3. The Morgan fingerprint density at radius 1 is 0.738 bits per heavy atom. The van der Waals surface area contributed by atoms with E-state index in [1.807, 2.05) is 0 Å². The van der Waals surface area contributed by atoms with Gasteiger partial charge in [-0.1, -0.05) is 46.3 Å². The number of hydrogen-bond donors (Lipinski definition) is 2. The molecule has 0 aromatic heterocycles. The molecule has 0 aliphatic carbocycles. The fraction of sp³-hybridized carbons (Fsp3) is 0.0968. The van der Waals surface area contributed by atoms with Crippen molar-refractivity contribution < 1.29 is 33.3 Å². The lowest BCUT2D eigenvalue weighted by molar-refractivity contribution is 0.0733. The Hall–Kier alpha value is -5.16. The van der Waals surface area contributed by atoms with Gasteiger partial charge in [0.05, 0.1) is 44.4 Å². The molecule has 0 fully saturated rings. The highest BCUT2D eigenvalue weighted by Crippen LogP contribution is 2.38. The molecule has 0 saturated heterocycles. The van der Waals surface area contributed by atoms with Crippen molar-refractivity contribution >= 4 is 45.6 Å². The van der Waals surface area contributed by atoms with Crippen LogP contribution in [0.2, 0.25) is 0 Å². The number of halogens is 1. The number of nitrogens with one attached hydrogen (secondary N) is 2. The van der Waals surface area contributed by atoms with Crippen LogP contribution in [0.3, 0.4) is 0 Å². The molecule has 0 aliphatic heterocycles. The van der Waals surface area contributed by atoms with Crippen molar-refractivity contribution in [3.8, 4) is 23.0 Å². The number of carbonyl (C=O) groups is 3. The van der Waals surface area contributed by atoms with Crippen molar-refractivity contribution in [1.29, 1.82) is 0 Å². The zero-order chi connectivity index (χ0) is 30.1. The zero-order valence-electron chi connectivity index (χ0n) is 22.8. The Labute approximate surface area is 250 Å². The molecule has 4 aromatic carbocycles. The van der Waals surface area contributed by atoms with Gasteiger partial charge in [-0.25, -0.2) is 10.2 Å². The lowest BCUT2D eigenvalue weighted by Gasteiger charge is -2.14. The summed E-state index contributed by atoms with van der Waals surface area (Å²) >= 11 is 3.39. The fourth-order valence-corrected chi connectivity index (χ4v) is 4.24. The highest BCUT2D eigenvalue weighted by Gasteiger charge is 2.19. The largest absolute Gasteiger partial charge is 0.493 e. The summed E-state index contributed by atoms with van der Waals surface area (Å²) in [6.07, 6.45) is 1.34. The van der Waals surface area contributed by atoms with Gasteiger partial charge in [-0.05, 0) is 54.6 Å². The van der Waals surface area contributed by atoms with Gasteiger partial charge in [0.25, 0.3) is 11.8 Å². The molecule has 0 aliphatic rings. The molecular formula is C31H26BrN3O7. The first-order valence-electron chi connectivity index (χ1n) is 12.4. The maximum atomic E-state index is 13.0. The number of methoxy groups -OCH3 is 3. The number of amides is 2. The number of ether oxygens (including phenoxy) is 4. The maximum Gasteiger partial charge on any atom is 0.343 e. The number of esters is 1. The van der Waals surface area contributed by atoms with Gasteiger partial charge in [0, 0.05) is 15.6 Å². The predicted molar refractivity (Wildman–Crippen MR) is 161 cm³/mol. The zero-order valence-corrected chi connectivity index (χ0v) is 24.4. The molecule has 0 atom stereocenters. The third-order valence-electron chi connectivity index (χ3n) is 5.90. The Kier molecular flexibility index (Phi) is 9.90. The van der Waals surface area contributed by atoms with Crippen molar-refractivity contribution in [1.82, 2.24) is 5.43 Å². The van der Waals surface area contributed by atoms with Crippen molar-refractivity contribution in [3.05, 3.63) is 112 Å². The molecule has 0 bridgehead atoms. The minimum Gasteiger partial charge on any atom is -0.493 e. The highest BCUT2D eigenvalue weighted by atomic mass is 79.9. The van der Waals surface area contributed by atoms with E-state index >= 15 is 0 Å². The van der Waals surface area contributed by atoms with Crippen LogP contribution in [-0.2, 0) is 0 Å². The van der Waals surface area contributed by atoms with E-state index < -0.39 is 11.9 Å². The Balaban J connectivity index is 1.51. The Morgan fingerprint density at radius 2 is 1.40 bits per heavy atom. The molecule has 2 amide bonds. The summed E-state index contributed by atoms with van der Waals surface area (Å²) in [7, 11) is 4.35. The average Bonchev–Trinajstić information content (AvgIpc) is 3.01. The molecule has 2 N–H and O–H groups in total. The summed E-state index contributed by atoms with van der Waals surface area (Å²) in [5.74, 6) is -0.476. The number of rotatable bonds is 10. The monoisotopic (exact) mass is 631 g/mol. The molecular weight excluding hydrogens is 606 g/mol. The quantitative estimate of drug-likeness (QED) is 0.0994. The number of nitrogens with zero attached hydrogens (tertiary/aromatic N) is 1. The standard InChI is InChI=1S/C31H26BrN3O7/c1-39-26-16-20(17-27(40-2)28(26)41-3)31(38)42-25-14-13-22(32)15-21(25)18-33-35-30(37)23-11-7-8-12-24(23)34-29(36)19-9-5-4-6-10-19/h4-18H,1-3H3,(H,34,36)(H,35,37)/b33-18-. The van der Waals surface area contributed by atoms with E-state index in [-0.39, 0.29) is 22.8 Å². The van der Waals surface area contributed by atoms with Crippen LogP contribution in [0.5, 0.6) is 23.0 Å². The van der Waals surface area contributed by atoms with E-state index in [0.717, 1.165) is 0 Å². The third kappa shape index (κ3) is 7.12. The van der Waals surface area contributed by atoms with Crippen LogP contribution in [0.15, 0.2) is 94.5 Å². The summed E-state index contributed by atoms with van der Waals surface area (Å²) in [6, 6.07) is 23.1. The summed E-state index contributed by atoms with van der Waals surface area (Å²) in [5.41, 5.74) is 4.00. The second kappa shape index (κ2) is 14.0. The Bertz CT molecular complexity index is 1620. The minimum absolute atomic E-state index is 0.165. The summed E-state index contributed by atoms with van der Waals surface area (Å²) < 4.78 is 22.3.